The molecular formula is C9H12BNO2. The molecule has 0 aromatic heterocycles. The van der Waals surface area contributed by atoms with Gasteiger partial charge in [-0.3, -0.25) is 0 Å². The molecule has 4 heteroatoms. The molecule has 0 unspecified atom stereocenters. The van der Waals surface area contributed by atoms with E-state index in [0.29, 0.717) is 5.46 Å². The molecule has 1 aromatic carbocycles. The van der Waals surface area contributed by atoms with Gasteiger partial charge in [0, 0.05) is 12.7 Å². The Bertz CT molecular complexity index is 312. The fourth-order valence-electron chi connectivity index (χ4n) is 1.13. The highest BCUT2D eigenvalue weighted by Crippen LogP contribution is 2.13. The maximum Gasteiger partial charge on any atom is 0.488 e. The number of hydrogen-bond acceptors (Lipinski definition) is 3. The van der Waals surface area contributed by atoms with E-state index in [1.807, 2.05) is 0 Å². The highest BCUT2D eigenvalue weighted by molar-refractivity contribution is 6.58. The Kier molecular flexibility index (Phi) is 3.11. The van der Waals surface area contributed by atoms with Gasteiger partial charge < -0.3 is 15.4 Å². The van der Waals surface area contributed by atoms with Crippen molar-refractivity contribution >= 4 is 24.3 Å². The normalized spacial score (nSPS) is 9.46. The molecule has 0 bridgehead atoms. The molecule has 1 aromatic rings. The Morgan fingerprint density at radius 1 is 1.46 bits per heavy atom. The average Bonchev–Trinajstić information content (AvgIpc) is 2.16. The van der Waals surface area contributed by atoms with Crippen molar-refractivity contribution < 1.29 is 10.0 Å². The molecular weight excluding hydrogens is 165 g/mol. The van der Waals surface area contributed by atoms with E-state index < -0.39 is 7.12 Å². The van der Waals surface area contributed by atoms with E-state index >= 15 is 0 Å². The lowest BCUT2D eigenvalue weighted by Crippen LogP contribution is -2.29. The molecule has 3 nitrogen and oxygen atoms in total. The van der Waals surface area contributed by atoms with Gasteiger partial charge in [-0.25, -0.2) is 0 Å². The van der Waals surface area contributed by atoms with Gasteiger partial charge in [0.05, 0.1) is 0 Å². The first-order valence-electron chi connectivity index (χ1n) is 3.99. The van der Waals surface area contributed by atoms with Crippen molar-refractivity contribution in [1.82, 2.24) is 0 Å². The third-order valence-corrected chi connectivity index (χ3v) is 1.86. The van der Waals surface area contributed by atoms with Crippen LogP contribution in [0, 0.1) is 0 Å². The highest BCUT2D eigenvalue weighted by Gasteiger charge is 2.11. The monoisotopic (exact) mass is 177 g/mol. The maximum absolute atomic E-state index is 8.91. The Morgan fingerprint density at radius 2 is 2.15 bits per heavy atom. The second-order valence-electron chi connectivity index (χ2n) is 2.67. The summed E-state index contributed by atoms with van der Waals surface area (Å²) in [6.45, 7) is 3.65. The highest BCUT2D eigenvalue weighted by atomic mass is 16.4. The van der Waals surface area contributed by atoms with Crippen LogP contribution in [0.1, 0.15) is 5.56 Å². The standard InChI is InChI=1S/C9H12BNO2/c1-3-7-4-5-8(10(12)13)6-9(7)11-2/h3-6,11-13H,1H2,2H3. The van der Waals surface area contributed by atoms with Crippen LogP contribution in [0.2, 0.25) is 0 Å². The summed E-state index contributed by atoms with van der Waals surface area (Å²) in [5.41, 5.74) is 2.24. The molecule has 0 saturated heterocycles. The van der Waals surface area contributed by atoms with E-state index in [1.165, 1.54) is 0 Å². The molecule has 0 saturated carbocycles. The number of hydrogen-bond donors (Lipinski definition) is 3. The second kappa shape index (κ2) is 4.12. The van der Waals surface area contributed by atoms with Gasteiger partial charge in [-0.15, -0.1) is 0 Å². The van der Waals surface area contributed by atoms with Gasteiger partial charge in [0.2, 0.25) is 0 Å². The molecule has 68 valence electrons. The second-order valence-corrected chi connectivity index (χ2v) is 2.67. The van der Waals surface area contributed by atoms with E-state index in [1.54, 1.807) is 31.3 Å². The molecule has 0 aliphatic carbocycles. The number of benzene rings is 1. The van der Waals surface area contributed by atoms with Gasteiger partial charge in [0.15, 0.2) is 0 Å². The third kappa shape index (κ3) is 2.11. The fraction of sp³-hybridized carbons (Fsp3) is 0.111. The zero-order valence-electron chi connectivity index (χ0n) is 7.49. The lowest BCUT2D eigenvalue weighted by Gasteiger charge is -2.07. The van der Waals surface area contributed by atoms with Crippen LogP contribution in [0.25, 0.3) is 6.08 Å². The van der Waals surface area contributed by atoms with Crippen LogP contribution >= 0.6 is 0 Å². The van der Waals surface area contributed by atoms with Crippen molar-refractivity contribution in [3.8, 4) is 0 Å². The molecule has 13 heavy (non-hydrogen) atoms. The Balaban J connectivity index is 3.12. The summed E-state index contributed by atoms with van der Waals surface area (Å²) in [7, 11) is 0.349. The summed E-state index contributed by atoms with van der Waals surface area (Å²) in [5, 5.41) is 20.8. The molecule has 0 atom stereocenters. The van der Waals surface area contributed by atoms with Crippen LogP contribution in [0.15, 0.2) is 24.8 Å². The average molecular weight is 177 g/mol. The van der Waals surface area contributed by atoms with Gasteiger partial charge in [-0.2, -0.15) is 0 Å². The molecule has 3 N–H and O–H groups in total. The minimum Gasteiger partial charge on any atom is -0.423 e. The van der Waals surface area contributed by atoms with E-state index in [0.717, 1.165) is 11.3 Å². The van der Waals surface area contributed by atoms with E-state index in [2.05, 4.69) is 11.9 Å². The molecule has 0 spiro atoms. The van der Waals surface area contributed by atoms with Crippen molar-refractivity contribution in [2.45, 2.75) is 0 Å². The van der Waals surface area contributed by atoms with Gasteiger partial charge in [0.1, 0.15) is 0 Å². The van der Waals surface area contributed by atoms with E-state index in [-0.39, 0.29) is 0 Å². The topological polar surface area (TPSA) is 52.5 Å². The summed E-state index contributed by atoms with van der Waals surface area (Å²) in [4.78, 5) is 0. The summed E-state index contributed by atoms with van der Waals surface area (Å²) in [6.07, 6.45) is 1.71. The van der Waals surface area contributed by atoms with Crippen LogP contribution in [0.5, 0.6) is 0 Å². The van der Waals surface area contributed by atoms with Crippen LogP contribution in [-0.2, 0) is 0 Å². The predicted molar refractivity (Wildman–Crippen MR) is 55.9 cm³/mol. The van der Waals surface area contributed by atoms with Gasteiger partial charge in [-0.05, 0) is 17.1 Å². The number of anilines is 1. The van der Waals surface area contributed by atoms with Gasteiger partial charge in [-0.1, -0.05) is 24.8 Å². The van der Waals surface area contributed by atoms with E-state index in [4.69, 9.17) is 10.0 Å². The van der Waals surface area contributed by atoms with Crippen molar-refractivity contribution in [1.29, 1.82) is 0 Å². The maximum atomic E-state index is 8.91. The SMILES string of the molecule is C=Cc1ccc(B(O)O)cc1NC. The van der Waals surface area contributed by atoms with Crippen LogP contribution < -0.4 is 10.8 Å². The Hall–Kier alpha value is -1.26. The number of rotatable bonds is 3. The van der Waals surface area contributed by atoms with E-state index in [9.17, 15) is 0 Å². The number of nitrogens with one attached hydrogen (secondary N) is 1. The molecule has 0 amide bonds. The van der Waals surface area contributed by atoms with Crippen LogP contribution in [-0.4, -0.2) is 24.2 Å². The molecule has 0 aliphatic heterocycles. The minimum atomic E-state index is -1.43. The quantitative estimate of drug-likeness (QED) is 0.572. The predicted octanol–water partition coefficient (Wildman–Crippen LogP) is 0.0511. The minimum absolute atomic E-state index is 0.468. The summed E-state index contributed by atoms with van der Waals surface area (Å²) < 4.78 is 0. The zero-order valence-corrected chi connectivity index (χ0v) is 7.49. The molecule has 0 heterocycles. The van der Waals surface area contributed by atoms with Crippen molar-refractivity contribution in [3.63, 3.8) is 0 Å². The Morgan fingerprint density at radius 3 is 2.62 bits per heavy atom. The first kappa shape index (κ1) is 9.83. The summed E-state index contributed by atoms with van der Waals surface area (Å²) in [6, 6.07) is 5.12. The summed E-state index contributed by atoms with van der Waals surface area (Å²) >= 11 is 0. The summed E-state index contributed by atoms with van der Waals surface area (Å²) in [5.74, 6) is 0. The Labute approximate surface area is 77.9 Å². The molecule has 0 aliphatic rings. The van der Waals surface area contributed by atoms with Crippen LogP contribution in [0.4, 0.5) is 5.69 Å². The van der Waals surface area contributed by atoms with Gasteiger partial charge in [0.25, 0.3) is 0 Å². The molecule has 1 rings (SSSR count). The van der Waals surface area contributed by atoms with Gasteiger partial charge >= 0.3 is 7.12 Å². The van der Waals surface area contributed by atoms with Crippen LogP contribution in [0.3, 0.4) is 0 Å². The van der Waals surface area contributed by atoms with Crippen molar-refractivity contribution in [3.05, 3.63) is 30.3 Å². The third-order valence-electron chi connectivity index (χ3n) is 1.86. The smallest absolute Gasteiger partial charge is 0.423 e. The zero-order chi connectivity index (χ0) is 9.84. The first-order chi connectivity index (χ1) is 6.19. The fourth-order valence-corrected chi connectivity index (χ4v) is 1.13. The van der Waals surface area contributed by atoms with Crippen molar-refractivity contribution in [2.24, 2.45) is 0 Å². The largest absolute Gasteiger partial charge is 0.488 e. The molecule has 0 radical (unpaired) electrons. The first-order valence-corrected chi connectivity index (χ1v) is 3.99. The molecule has 0 fully saturated rings. The lowest BCUT2D eigenvalue weighted by atomic mass is 9.79. The van der Waals surface area contributed by atoms with Crippen molar-refractivity contribution in [2.75, 3.05) is 12.4 Å². The lowest BCUT2D eigenvalue weighted by molar-refractivity contribution is 0.426.